The van der Waals surface area contributed by atoms with Crippen LogP contribution in [0.1, 0.15) is 16.2 Å². The van der Waals surface area contributed by atoms with Crippen LogP contribution in [0.3, 0.4) is 0 Å². The van der Waals surface area contributed by atoms with Gasteiger partial charge in [-0.1, -0.05) is 6.07 Å². The molecular weight excluding hydrogens is 284 g/mol. The summed E-state index contributed by atoms with van der Waals surface area (Å²) in [6.45, 7) is 1.71. The van der Waals surface area contributed by atoms with E-state index in [1.165, 1.54) is 18.2 Å². The zero-order valence-corrected chi connectivity index (χ0v) is 11.2. The van der Waals surface area contributed by atoms with Crippen LogP contribution < -0.4 is 16.2 Å². The van der Waals surface area contributed by atoms with Crippen molar-refractivity contribution in [2.45, 2.75) is 11.8 Å². The van der Waals surface area contributed by atoms with E-state index in [1.54, 1.807) is 6.92 Å². The van der Waals surface area contributed by atoms with Gasteiger partial charge in [0, 0.05) is 5.69 Å². The van der Waals surface area contributed by atoms with E-state index in [1.807, 2.05) is 0 Å². The van der Waals surface area contributed by atoms with Crippen molar-refractivity contribution in [1.82, 2.24) is 15.2 Å². The highest BCUT2D eigenvalue weighted by Gasteiger charge is 2.15. The Morgan fingerprint density at radius 3 is 2.65 bits per heavy atom. The van der Waals surface area contributed by atoms with Gasteiger partial charge in [0.25, 0.3) is 5.91 Å². The second-order valence-electron chi connectivity index (χ2n) is 4.02. The predicted octanol–water partition coefficient (Wildman–Crippen LogP) is -0.405. The van der Waals surface area contributed by atoms with Crippen LogP contribution in [0, 0.1) is 6.92 Å². The predicted molar refractivity (Wildman–Crippen MR) is 71.3 cm³/mol. The van der Waals surface area contributed by atoms with Crippen molar-refractivity contribution in [3.63, 3.8) is 0 Å². The van der Waals surface area contributed by atoms with Gasteiger partial charge < -0.3 is 11.1 Å². The summed E-state index contributed by atoms with van der Waals surface area (Å²) in [6.07, 6.45) is 0. The summed E-state index contributed by atoms with van der Waals surface area (Å²) in [5.41, 5.74) is 6.26. The molecule has 1 aromatic carbocycles. The number of nitrogens with two attached hydrogens (primary N) is 2. The minimum absolute atomic E-state index is 0.0647. The number of nitrogen functional groups attached to an aromatic ring is 1. The molecule has 0 fully saturated rings. The Balaban J connectivity index is 2.31. The second kappa shape index (κ2) is 4.90. The lowest BCUT2D eigenvalue weighted by molar-refractivity contribution is 0.101. The molecule has 1 aromatic heterocycles. The van der Waals surface area contributed by atoms with Gasteiger partial charge in [-0.25, -0.2) is 13.6 Å². The fourth-order valence-electron chi connectivity index (χ4n) is 1.47. The fraction of sp³-hybridized carbons (Fsp3) is 0.100. The molecule has 0 atom stereocenters. The van der Waals surface area contributed by atoms with E-state index in [4.69, 9.17) is 10.9 Å². The number of hydrogen-bond donors (Lipinski definition) is 4. The van der Waals surface area contributed by atoms with Gasteiger partial charge in [-0.3, -0.25) is 9.89 Å². The lowest BCUT2D eigenvalue weighted by Gasteiger charge is -2.08. The zero-order valence-electron chi connectivity index (χ0n) is 10.4. The molecule has 9 nitrogen and oxygen atoms in total. The standard InChI is InChI=1S/C10H12N6O3S/c1-5-2-3-6(20(12,18)19)4-7(5)13-9(17)8-14-10(11)16-15-8/h2-4H,1H3,(H,13,17)(H2,12,18,19)(H3,11,14,15,16). The normalized spacial score (nSPS) is 11.3. The van der Waals surface area contributed by atoms with E-state index in [0.717, 1.165) is 0 Å². The number of carbonyl (C=O) groups excluding carboxylic acids is 1. The molecule has 106 valence electrons. The number of anilines is 2. The number of hydrogen-bond acceptors (Lipinski definition) is 6. The number of aromatic nitrogens is 3. The van der Waals surface area contributed by atoms with Gasteiger partial charge in [-0.15, -0.1) is 5.10 Å². The average molecular weight is 296 g/mol. The summed E-state index contributed by atoms with van der Waals surface area (Å²) in [4.78, 5) is 15.4. The van der Waals surface area contributed by atoms with E-state index in [-0.39, 0.29) is 16.7 Å². The highest BCUT2D eigenvalue weighted by atomic mass is 32.2. The quantitative estimate of drug-likeness (QED) is 0.603. The summed E-state index contributed by atoms with van der Waals surface area (Å²) in [6, 6.07) is 4.15. The first-order valence-electron chi connectivity index (χ1n) is 5.40. The van der Waals surface area contributed by atoms with Gasteiger partial charge in [0.1, 0.15) is 0 Å². The van der Waals surface area contributed by atoms with Crippen LogP contribution in [0.5, 0.6) is 0 Å². The smallest absolute Gasteiger partial charge is 0.293 e. The van der Waals surface area contributed by atoms with E-state index < -0.39 is 15.9 Å². The number of H-pyrrole nitrogens is 1. The molecule has 0 saturated carbocycles. The van der Waals surface area contributed by atoms with E-state index in [2.05, 4.69) is 20.5 Å². The summed E-state index contributed by atoms with van der Waals surface area (Å²) < 4.78 is 22.6. The number of rotatable bonds is 3. The van der Waals surface area contributed by atoms with E-state index >= 15 is 0 Å². The molecule has 0 aliphatic carbocycles. The Morgan fingerprint density at radius 2 is 2.10 bits per heavy atom. The number of aryl methyl sites for hydroxylation is 1. The third-order valence-electron chi connectivity index (χ3n) is 2.50. The number of nitrogens with zero attached hydrogens (tertiary/aromatic N) is 2. The molecule has 20 heavy (non-hydrogen) atoms. The maximum absolute atomic E-state index is 11.9. The van der Waals surface area contributed by atoms with Gasteiger partial charge in [0.2, 0.25) is 21.8 Å². The first-order chi connectivity index (χ1) is 9.27. The molecule has 1 heterocycles. The van der Waals surface area contributed by atoms with Crippen LogP contribution in [0.4, 0.5) is 11.6 Å². The topological polar surface area (TPSA) is 157 Å². The van der Waals surface area contributed by atoms with Gasteiger partial charge in [0.05, 0.1) is 4.90 Å². The van der Waals surface area contributed by atoms with Gasteiger partial charge in [-0.05, 0) is 24.6 Å². The summed E-state index contributed by atoms with van der Waals surface area (Å²) >= 11 is 0. The highest BCUT2D eigenvalue weighted by Crippen LogP contribution is 2.19. The number of nitrogens with one attached hydrogen (secondary N) is 2. The van der Waals surface area contributed by atoms with Crippen LogP contribution in [0.15, 0.2) is 23.1 Å². The maximum atomic E-state index is 11.9. The fourth-order valence-corrected chi connectivity index (χ4v) is 2.01. The number of carbonyl (C=O) groups is 1. The Kier molecular flexibility index (Phi) is 3.42. The molecule has 0 unspecified atom stereocenters. The van der Waals surface area contributed by atoms with Crippen molar-refractivity contribution in [2.75, 3.05) is 11.1 Å². The molecule has 2 rings (SSSR count). The molecule has 1 amide bonds. The number of amides is 1. The minimum atomic E-state index is -3.85. The SMILES string of the molecule is Cc1ccc(S(N)(=O)=O)cc1NC(=O)c1nc(N)n[nH]1. The van der Waals surface area contributed by atoms with Crippen LogP contribution >= 0.6 is 0 Å². The van der Waals surface area contributed by atoms with Crippen LogP contribution in [0.2, 0.25) is 0 Å². The first-order valence-corrected chi connectivity index (χ1v) is 6.94. The third-order valence-corrected chi connectivity index (χ3v) is 3.41. The lowest BCUT2D eigenvalue weighted by Crippen LogP contribution is -2.16. The van der Waals surface area contributed by atoms with Gasteiger partial charge in [-0.2, -0.15) is 4.98 Å². The van der Waals surface area contributed by atoms with Crippen LogP contribution in [0.25, 0.3) is 0 Å². The van der Waals surface area contributed by atoms with Gasteiger partial charge >= 0.3 is 0 Å². The molecule has 0 radical (unpaired) electrons. The summed E-state index contributed by atoms with van der Waals surface area (Å²) in [5.74, 6) is -0.739. The highest BCUT2D eigenvalue weighted by molar-refractivity contribution is 7.89. The van der Waals surface area contributed by atoms with Crippen molar-refractivity contribution in [3.8, 4) is 0 Å². The Morgan fingerprint density at radius 1 is 1.40 bits per heavy atom. The third kappa shape index (κ3) is 2.92. The molecule has 0 bridgehead atoms. The molecular formula is C10H12N6O3S. The Bertz CT molecular complexity index is 767. The first kappa shape index (κ1) is 14.0. The van der Waals surface area contributed by atoms with E-state index in [9.17, 15) is 13.2 Å². The molecule has 2 aromatic rings. The van der Waals surface area contributed by atoms with Crippen LogP contribution in [-0.2, 0) is 10.0 Å². The van der Waals surface area contributed by atoms with Crippen molar-refractivity contribution in [1.29, 1.82) is 0 Å². The number of benzene rings is 1. The zero-order chi connectivity index (χ0) is 14.9. The monoisotopic (exact) mass is 296 g/mol. The molecule has 10 heteroatoms. The molecule has 0 aliphatic heterocycles. The van der Waals surface area contributed by atoms with Crippen molar-refractivity contribution in [3.05, 3.63) is 29.6 Å². The molecule has 0 saturated heterocycles. The van der Waals surface area contributed by atoms with Crippen molar-refractivity contribution in [2.24, 2.45) is 5.14 Å². The lowest BCUT2D eigenvalue weighted by atomic mass is 10.2. The Hall–Kier alpha value is -2.46. The molecule has 6 N–H and O–H groups in total. The Labute approximate surface area is 114 Å². The molecule has 0 spiro atoms. The number of sulfonamides is 1. The number of primary sulfonamides is 1. The van der Waals surface area contributed by atoms with Crippen LogP contribution in [-0.4, -0.2) is 29.5 Å². The van der Waals surface area contributed by atoms with Gasteiger partial charge in [0.15, 0.2) is 0 Å². The maximum Gasteiger partial charge on any atom is 0.293 e. The summed E-state index contributed by atoms with van der Waals surface area (Å²) in [5, 5.41) is 13.4. The largest absolute Gasteiger partial charge is 0.366 e. The minimum Gasteiger partial charge on any atom is -0.366 e. The summed E-state index contributed by atoms with van der Waals surface area (Å²) in [7, 11) is -3.85. The second-order valence-corrected chi connectivity index (χ2v) is 5.58. The van der Waals surface area contributed by atoms with Crippen molar-refractivity contribution >= 4 is 27.6 Å². The number of aromatic amines is 1. The van der Waals surface area contributed by atoms with Crippen molar-refractivity contribution < 1.29 is 13.2 Å². The molecule has 0 aliphatic rings. The van der Waals surface area contributed by atoms with E-state index in [0.29, 0.717) is 11.3 Å². The average Bonchev–Trinajstić information content (AvgIpc) is 2.77.